The molecular weight excluding hydrogens is 574 g/mol. The van der Waals surface area contributed by atoms with Crippen molar-refractivity contribution in [1.82, 2.24) is 15.1 Å². The zero-order valence-corrected chi connectivity index (χ0v) is 25.9. The Morgan fingerprint density at radius 1 is 1.02 bits per heavy atom. The third-order valence-electron chi connectivity index (χ3n) is 6.85. The van der Waals surface area contributed by atoms with Crippen molar-refractivity contribution in [3.63, 3.8) is 0 Å². The van der Waals surface area contributed by atoms with E-state index in [4.69, 9.17) is 24.7 Å². The van der Waals surface area contributed by atoms with Gasteiger partial charge in [-0.1, -0.05) is 6.07 Å². The number of hydrogen-bond donors (Lipinski definition) is 3. The molecule has 4 N–H and O–H groups in total. The van der Waals surface area contributed by atoms with Gasteiger partial charge in [0.05, 0.1) is 39.6 Å². The Balaban J connectivity index is 1.47. The van der Waals surface area contributed by atoms with Gasteiger partial charge < -0.3 is 39.8 Å². The van der Waals surface area contributed by atoms with Crippen molar-refractivity contribution in [2.24, 2.45) is 5.73 Å². The number of rotatable bonds is 17. The van der Waals surface area contributed by atoms with Crippen LogP contribution >= 0.6 is 0 Å². The highest BCUT2D eigenvalue weighted by Gasteiger charge is 2.40. The number of carbonyl (C=O) groups excluding carboxylic acids is 5. The molecule has 2 aliphatic rings. The summed E-state index contributed by atoms with van der Waals surface area (Å²) in [6.07, 6.45) is 0.404. The first-order chi connectivity index (χ1) is 21.0. The second-order valence-corrected chi connectivity index (χ2v) is 11.5. The van der Waals surface area contributed by atoms with E-state index >= 15 is 0 Å². The number of nitrogens with zero attached hydrogens (tertiary/aromatic N) is 2. The molecule has 0 spiro atoms. The van der Waals surface area contributed by atoms with Crippen molar-refractivity contribution in [2.75, 3.05) is 64.6 Å². The van der Waals surface area contributed by atoms with Gasteiger partial charge in [-0.05, 0) is 45.7 Å². The number of imide groups is 1. The minimum absolute atomic E-state index is 0.120. The van der Waals surface area contributed by atoms with Gasteiger partial charge in [0.25, 0.3) is 5.91 Å². The summed E-state index contributed by atoms with van der Waals surface area (Å²) in [4.78, 5) is 65.6. The molecule has 2 heterocycles. The Labute approximate surface area is 257 Å². The van der Waals surface area contributed by atoms with Crippen LogP contribution < -0.4 is 16.4 Å². The molecule has 1 aromatic rings. The molecule has 1 aromatic carbocycles. The molecule has 14 nitrogen and oxygen atoms in total. The van der Waals surface area contributed by atoms with E-state index in [0.29, 0.717) is 62.8 Å². The normalized spacial score (nSPS) is 16.5. The van der Waals surface area contributed by atoms with E-state index in [-0.39, 0.29) is 63.2 Å². The molecular formula is C30H45N5O9. The second-order valence-electron chi connectivity index (χ2n) is 11.5. The Kier molecular flexibility index (Phi) is 13.5. The van der Waals surface area contributed by atoms with Crippen LogP contribution in [0.1, 0.15) is 62.4 Å². The summed E-state index contributed by atoms with van der Waals surface area (Å²) in [5, 5.41) is 5.16. The fourth-order valence-corrected chi connectivity index (χ4v) is 4.77. The van der Waals surface area contributed by atoms with Crippen molar-refractivity contribution in [3.8, 4) is 0 Å². The molecule has 0 aromatic heterocycles. The molecule has 5 amide bonds. The van der Waals surface area contributed by atoms with Gasteiger partial charge in [0.15, 0.2) is 0 Å². The average Bonchev–Trinajstić information content (AvgIpc) is 3.29. The van der Waals surface area contributed by atoms with Crippen LogP contribution in [0.15, 0.2) is 18.2 Å². The van der Waals surface area contributed by atoms with Crippen LogP contribution in [0.4, 0.5) is 10.5 Å². The summed E-state index contributed by atoms with van der Waals surface area (Å²) in [6, 6.07) is 4.29. The van der Waals surface area contributed by atoms with Crippen molar-refractivity contribution in [3.05, 3.63) is 29.3 Å². The molecule has 0 saturated carbocycles. The first-order valence-corrected chi connectivity index (χ1v) is 15.0. The number of benzene rings is 1. The summed E-state index contributed by atoms with van der Waals surface area (Å²) >= 11 is 0. The van der Waals surface area contributed by atoms with Gasteiger partial charge in [-0.25, -0.2) is 4.79 Å². The lowest BCUT2D eigenvalue weighted by Crippen LogP contribution is -2.52. The lowest BCUT2D eigenvalue weighted by Gasteiger charge is -2.29. The van der Waals surface area contributed by atoms with E-state index in [1.807, 2.05) is 0 Å². The van der Waals surface area contributed by atoms with Crippen molar-refractivity contribution < 1.29 is 42.9 Å². The van der Waals surface area contributed by atoms with Gasteiger partial charge in [0, 0.05) is 55.8 Å². The monoisotopic (exact) mass is 619 g/mol. The van der Waals surface area contributed by atoms with Gasteiger partial charge in [0.2, 0.25) is 17.7 Å². The zero-order valence-electron chi connectivity index (χ0n) is 25.9. The van der Waals surface area contributed by atoms with Gasteiger partial charge in [-0.3, -0.25) is 24.5 Å². The van der Waals surface area contributed by atoms with Crippen LogP contribution in [0.25, 0.3) is 0 Å². The molecule has 3 rings (SSSR count). The topological polar surface area (TPSA) is 179 Å². The summed E-state index contributed by atoms with van der Waals surface area (Å²) in [5.74, 6) is -1.44. The number of nitrogens with two attached hydrogens (primary N) is 1. The smallest absolute Gasteiger partial charge is 0.410 e. The number of amides is 5. The molecule has 244 valence electrons. The highest BCUT2D eigenvalue weighted by Crippen LogP contribution is 2.32. The first-order valence-electron chi connectivity index (χ1n) is 15.0. The van der Waals surface area contributed by atoms with Crippen LogP contribution in [-0.4, -0.2) is 110 Å². The fraction of sp³-hybridized carbons (Fsp3) is 0.633. The number of hydrogen-bond acceptors (Lipinski definition) is 10. The summed E-state index contributed by atoms with van der Waals surface area (Å²) < 4.78 is 21.8. The molecule has 0 bridgehead atoms. The van der Waals surface area contributed by atoms with Crippen LogP contribution in [0, 0.1) is 0 Å². The molecule has 1 fully saturated rings. The summed E-state index contributed by atoms with van der Waals surface area (Å²) in [6.45, 7) is 8.92. The van der Waals surface area contributed by atoms with Crippen LogP contribution in [-0.2, 0) is 39.9 Å². The molecule has 2 aliphatic heterocycles. The van der Waals surface area contributed by atoms with E-state index < -0.39 is 23.6 Å². The van der Waals surface area contributed by atoms with Crippen LogP contribution in [0.3, 0.4) is 0 Å². The number of anilines is 1. The lowest BCUT2D eigenvalue weighted by molar-refractivity contribution is -0.137. The molecule has 44 heavy (non-hydrogen) atoms. The Hall–Kier alpha value is -3.59. The highest BCUT2D eigenvalue weighted by molar-refractivity contribution is 6.06. The highest BCUT2D eigenvalue weighted by atomic mass is 16.6. The lowest BCUT2D eigenvalue weighted by atomic mass is 10.0. The number of carbonyl (C=O) groups is 5. The average molecular weight is 620 g/mol. The third kappa shape index (κ3) is 10.8. The fourth-order valence-electron chi connectivity index (χ4n) is 4.77. The maximum absolute atomic E-state index is 13.1. The van der Waals surface area contributed by atoms with Gasteiger partial charge >= 0.3 is 6.09 Å². The number of nitrogens with one attached hydrogen (secondary N) is 2. The molecule has 1 unspecified atom stereocenters. The molecule has 14 heteroatoms. The van der Waals surface area contributed by atoms with E-state index in [1.54, 1.807) is 39.0 Å². The summed E-state index contributed by atoms with van der Waals surface area (Å²) in [7, 11) is 0. The number of ether oxygens (including phenoxy) is 4. The van der Waals surface area contributed by atoms with Crippen molar-refractivity contribution >= 4 is 35.4 Å². The van der Waals surface area contributed by atoms with Gasteiger partial charge in [0.1, 0.15) is 11.6 Å². The molecule has 0 aliphatic carbocycles. The predicted molar refractivity (Wildman–Crippen MR) is 160 cm³/mol. The quantitative estimate of drug-likeness (QED) is 0.171. The van der Waals surface area contributed by atoms with E-state index in [2.05, 4.69) is 10.6 Å². The van der Waals surface area contributed by atoms with Crippen molar-refractivity contribution in [2.45, 2.75) is 64.6 Å². The zero-order chi connectivity index (χ0) is 32.1. The van der Waals surface area contributed by atoms with E-state index in [1.165, 1.54) is 9.80 Å². The van der Waals surface area contributed by atoms with Gasteiger partial charge in [-0.15, -0.1) is 0 Å². The van der Waals surface area contributed by atoms with Crippen LogP contribution in [0.2, 0.25) is 0 Å². The van der Waals surface area contributed by atoms with Gasteiger partial charge in [-0.2, -0.15) is 0 Å². The molecule has 0 radical (unpaired) electrons. The Morgan fingerprint density at radius 3 is 2.36 bits per heavy atom. The first kappa shape index (κ1) is 34.9. The standard InChI is InChI=1S/C30H45N5O9/c1-30(2,3)44-29(40)34(13-15-42-17-19-43-18-16-41-14-11-31)12-5-8-25(36)32-23-7-4-6-21-22(23)20-35(28(21)39)24-9-10-26(37)33-27(24)38/h4,6-7,24H,5,8-20,31H2,1-3H3,(H,32,36)(H,33,37,38). The second kappa shape index (κ2) is 17.0. The third-order valence-corrected chi connectivity index (χ3v) is 6.85. The minimum atomic E-state index is -0.743. The Morgan fingerprint density at radius 2 is 1.70 bits per heavy atom. The number of piperidine rings is 1. The SMILES string of the molecule is CC(C)(C)OC(=O)N(CCCC(=O)Nc1cccc2c1CN(C1CCC(=O)NC1=O)C2=O)CCOCCOCCOCCN. The Bertz CT molecular complexity index is 1170. The van der Waals surface area contributed by atoms with Crippen LogP contribution in [0.5, 0.6) is 0 Å². The summed E-state index contributed by atoms with van der Waals surface area (Å²) in [5.41, 5.74) is 6.20. The van der Waals surface area contributed by atoms with E-state index in [9.17, 15) is 24.0 Å². The molecule has 1 atom stereocenters. The van der Waals surface area contributed by atoms with Crippen molar-refractivity contribution in [1.29, 1.82) is 0 Å². The minimum Gasteiger partial charge on any atom is -0.444 e. The number of fused-ring (bicyclic) bond motifs is 1. The maximum atomic E-state index is 13.1. The van der Waals surface area contributed by atoms with E-state index in [0.717, 1.165) is 0 Å². The maximum Gasteiger partial charge on any atom is 0.410 e. The largest absolute Gasteiger partial charge is 0.444 e. The molecule has 1 saturated heterocycles. The predicted octanol–water partition coefficient (Wildman–Crippen LogP) is 1.41.